The van der Waals surface area contributed by atoms with Crippen molar-refractivity contribution in [3.05, 3.63) is 48.4 Å². The summed E-state index contributed by atoms with van der Waals surface area (Å²) in [5.74, 6) is -0.518. The third-order valence-electron chi connectivity index (χ3n) is 3.50. The number of carbonyl (C=O) groups is 2. The normalized spacial score (nSPS) is 17.3. The van der Waals surface area contributed by atoms with E-state index in [0.717, 1.165) is 4.90 Å². The Morgan fingerprint density at radius 2 is 2.18 bits per heavy atom. The molecule has 1 amide bonds. The minimum atomic E-state index is -0.616. The molecule has 22 heavy (non-hydrogen) atoms. The molecule has 1 aliphatic rings. The van der Waals surface area contributed by atoms with E-state index >= 15 is 0 Å². The Balaban J connectivity index is 2.02. The van der Waals surface area contributed by atoms with Crippen molar-refractivity contribution in [3.63, 3.8) is 0 Å². The van der Waals surface area contributed by atoms with Crippen molar-refractivity contribution in [2.75, 3.05) is 17.8 Å². The molecule has 0 N–H and O–H groups in total. The SMILES string of the molecule is CSc1cccc(N(C(=O)c2ccco2)C2CCOC2=O)c1. The van der Waals surface area contributed by atoms with Gasteiger partial charge in [-0.05, 0) is 36.6 Å². The third-order valence-corrected chi connectivity index (χ3v) is 4.23. The number of furan rings is 1. The Morgan fingerprint density at radius 3 is 2.82 bits per heavy atom. The van der Waals surface area contributed by atoms with E-state index in [-0.39, 0.29) is 17.6 Å². The standard InChI is InChI=1S/C16H15NO4S/c1-22-12-5-2-4-11(10-12)17(13-7-9-21-16(13)19)15(18)14-6-3-8-20-14/h2-6,8,10,13H,7,9H2,1H3. The van der Waals surface area contributed by atoms with Crippen LogP contribution in [0.25, 0.3) is 0 Å². The average molecular weight is 317 g/mol. The van der Waals surface area contributed by atoms with Crippen molar-refractivity contribution in [1.29, 1.82) is 0 Å². The summed E-state index contributed by atoms with van der Waals surface area (Å²) in [5.41, 5.74) is 0.664. The molecule has 3 rings (SSSR count). The molecule has 1 atom stereocenters. The van der Waals surface area contributed by atoms with Crippen LogP contribution in [0.4, 0.5) is 5.69 Å². The van der Waals surface area contributed by atoms with Gasteiger partial charge in [-0.1, -0.05) is 6.07 Å². The summed E-state index contributed by atoms with van der Waals surface area (Å²) in [6.07, 6.45) is 3.88. The highest BCUT2D eigenvalue weighted by Gasteiger charge is 2.37. The van der Waals surface area contributed by atoms with E-state index in [4.69, 9.17) is 9.15 Å². The molecular formula is C16H15NO4S. The Hall–Kier alpha value is -2.21. The van der Waals surface area contributed by atoms with Gasteiger partial charge in [-0.3, -0.25) is 9.69 Å². The number of esters is 1. The molecule has 0 saturated carbocycles. The molecule has 1 saturated heterocycles. The Bertz CT molecular complexity index is 683. The fraction of sp³-hybridized carbons (Fsp3) is 0.250. The largest absolute Gasteiger partial charge is 0.464 e. The van der Waals surface area contributed by atoms with Crippen LogP contribution in [0.2, 0.25) is 0 Å². The lowest BCUT2D eigenvalue weighted by molar-refractivity contribution is -0.139. The van der Waals surface area contributed by atoms with Crippen LogP contribution in [0.3, 0.4) is 0 Å². The number of amides is 1. The maximum absolute atomic E-state index is 12.8. The maximum Gasteiger partial charge on any atom is 0.329 e. The fourth-order valence-corrected chi connectivity index (χ4v) is 2.89. The average Bonchev–Trinajstić information content (AvgIpc) is 3.20. The molecule has 0 aliphatic carbocycles. The van der Waals surface area contributed by atoms with Gasteiger partial charge >= 0.3 is 5.97 Å². The first-order valence-electron chi connectivity index (χ1n) is 6.88. The second kappa shape index (κ2) is 6.27. The van der Waals surface area contributed by atoms with Gasteiger partial charge in [0.1, 0.15) is 6.04 Å². The van der Waals surface area contributed by atoms with Crippen LogP contribution in [-0.4, -0.2) is 30.8 Å². The molecule has 2 aromatic rings. The number of rotatable bonds is 4. The molecular weight excluding hydrogens is 302 g/mol. The zero-order chi connectivity index (χ0) is 15.5. The number of hydrogen-bond acceptors (Lipinski definition) is 5. The van der Waals surface area contributed by atoms with Crippen molar-refractivity contribution < 1.29 is 18.7 Å². The second-order valence-corrected chi connectivity index (χ2v) is 5.71. The Labute approximate surface area is 132 Å². The summed E-state index contributed by atoms with van der Waals surface area (Å²) >= 11 is 1.58. The number of hydrogen-bond donors (Lipinski definition) is 0. The quantitative estimate of drug-likeness (QED) is 0.641. The van der Waals surface area contributed by atoms with Crippen LogP contribution in [-0.2, 0) is 9.53 Å². The van der Waals surface area contributed by atoms with E-state index in [1.807, 2.05) is 30.5 Å². The predicted octanol–water partition coefficient (Wildman–Crippen LogP) is 2.96. The molecule has 1 fully saturated rings. The Kier molecular flexibility index (Phi) is 4.20. The van der Waals surface area contributed by atoms with Gasteiger partial charge in [-0.2, -0.15) is 0 Å². The molecule has 114 valence electrons. The summed E-state index contributed by atoms with van der Waals surface area (Å²) in [6.45, 7) is 0.327. The van der Waals surface area contributed by atoms with E-state index in [9.17, 15) is 9.59 Å². The number of benzene rings is 1. The summed E-state index contributed by atoms with van der Waals surface area (Å²) in [6, 6.07) is 10.1. The number of carbonyl (C=O) groups excluding carboxylic acids is 2. The first-order chi connectivity index (χ1) is 10.7. The summed E-state index contributed by atoms with van der Waals surface area (Å²) < 4.78 is 10.2. The molecule has 5 nitrogen and oxygen atoms in total. The number of cyclic esters (lactones) is 1. The van der Waals surface area contributed by atoms with E-state index in [1.54, 1.807) is 23.9 Å². The summed E-state index contributed by atoms with van der Waals surface area (Å²) in [4.78, 5) is 27.2. The molecule has 2 heterocycles. The Morgan fingerprint density at radius 1 is 1.32 bits per heavy atom. The molecule has 1 aromatic carbocycles. The topological polar surface area (TPSA) is 59.8 Å². The van der Waals surface area contributed by atoms with E-state index in [1.165, 1.54) is 11.2 Å². The predicted molar refractivity (Wildman–Crippen MR) is 83.1 cm³/mol. The number of thioether (sulfide) groups is 1. The van der Waals surface area contributed by atoms with Crippen molar-refractivity contribution in [1.82, 2.24) is 0 Å². The van der Waals surface area contributed by atoms with Crippen LogP contribution in [0, 0.1) is 0 Å². The first kappa shape index (κ1) is 14.7. The highest BCUT2D eigenvalue weighted by molar-refractivity contribution is 7.98. The minimum absolute atomic E-state index is 0.203. The lowest BCUT2D eigenvalue weighted by Gasteiger charge is -2.26. The van der Waals surface area contributed by atoms with Gasteiger partial charge in [0.15, 0.2) is 5.76 Å². The van der Waals surface area contributed by atoms with Crippen LogP contribution >= 0.6 is 11.8 Å². The lowest BCUT2D eigenvalue weighted by atomic mass is 10.1. The monoisotopic (exact) mass is 317 g/mol. The molecule has 1 aromatic heterocycles. The molecule has 0 bridgehead atoms. The summed E-state index contributed by atoms with van der Waals surface area (Å²) in [5, 5.41) is 0. The van der Waals surface area contributed by atoms with Crippen LogP contribution < -0.4 is 4.90 Å². The van der Waals surface area contributed by atoms with Crippen LogP contribution in [0.1, 0.15) is 17.0 Å². The minimum Gasteiger partial charge on any atom is -0.464 e. The zero-order valence-corrected chi connectivity index (χ0v) is 12.8. The van der Waals surface area contributed by atoms with Crippen LogP contribution in [0.15, 0.2) is 52.0 Å². The third kappa shape index (κ3) is 2.74. The highest BCUT2D eigenvalue weighted by Crippen LogP contribution is 2.28. The van der Waals surface area contributed by atoms with Gasteiger partial charge in [0.2, 0.25) is 0 Å². The molecule has 0 spiro atoms. The number of anilines is 1. The van der Waals surface area contributed by atoms with Gasteiger partial charge in [0, 0.05) is 17.0 Å². The maximum atomic E-state index is 12.8. The molecule has 0 radical (unpaired) electrons. The molecule has 1 aliphatic heterocycles. The lowest BCUT2D eigenvalue weighted by Crippen LogP contribution is -2.43. The number of nitrogens with zero attached hydrogens (tertiary/aromatic N) is 1. The second-order valence-electron chi connectivity index (χ2n) is 4.83. The van der Waals surface area contributed by atoms with Crippen molar-refractivity contribution in [2.45, 2.75) is 17.4 Å². The van der Waals surface area contributed by atoms with Crippen molar-refractivity contribution in [3.8, 4) is 0 Å². The molecule has 1 unspecified atom stereocenters. The van der Waals surface area contributed by atoms with Gasteiger partial charge in [0.05, 0.1) is 12.9 Å². The van der Waals surface area contributed by atoms with E-state index < -0.39 is 6.04 Å². The smallest absolute Gasteiger partial charge is 0.329 e. The van der Waals surface area contributed by atoms with Crippen molar-refractivity contribution in [2.24, 2.45) is 0 Å². The fourth-order valence-electron chi connectivity index (χ4n) is 2.44. The molecule has 6 heteroatoms. The van der Waals surface area contributed by atoms with Gasteiger partial charge in [0.25, 0.3) is 5.91 Å². The summed E-state index contributed by atoms with van der Waals surface area (Å²) in [7, 11) is 0. The van der Waals surface area contributed by atoms with Gasteiger partial charge in [-0.15, -0.1) is 11.8 Å². The van der Waals surface area contributed by atoms with Gasteiger partial charge < -0.3 is 9.15 Å². The van der Waals surface area contributed by atoms with Gasteiger partial charge in [-0.25, -0.2) is 4.79 Å². The highest BCUT2D eigenvalue weighted by atomic mass is 32.2. The van der Waals surface area contributed by atoms with E-state index in [2.05, 4.69) is 0 Å². The first-order valence-corrected chi connectivity index (χ1v) is 8.11. The van der Waals surface area contributed by atoms with Crippen LogP contribution in [0.5, 0.6) is 0 Å². The zero-order valence-electron chi connectivity index (χ0n) is 12.0. The van der Waals surface area contributed by atoms with Crippen molar-refractivity contribution >= 4 is 29.3 Å². The van der Waals surface area contributed by atoms with E-state index in [0.29, 0.717) is 18.7 Å². The number of ether oxygens (including phenoxy) is 1.